The van der Waals surface area contributed by atoms with Gasteiger partial charge in [-0.2, -0.15) is 0 Å². The molecule has 0 radical (unpaired) electrons. The van der Waals surface area contributed by atoms with E-state index in [0.717, 1.165) is 18.8 Å². The van der Waals surface area contributed by atoms with Crippen molar-refractivity contribution in [2.75, 3.05) is 6.61 Å². The number of hydrogen-bond donors (Lipinski definition) is 0. The highest BCUT2D eigenvalue weighted by Crippen LogP contribution is 2.55. The van der Waals surface area contributed by atoms with Crippen LogP contribution in [-0.4, -0.2) is 6.61 Å². The average Bonchev–Trinajstić information content (AvgIpc) is 2.99. The number of fused-ring (bicyclic) bond motifs is 2. The maximum atomic E-state index is 5.74. The third kappa shape index (κ3) is 1.08. The highest BCUT2D eigenvalue weighted by Gasteiger charge is 2.47. The van der Waals surface area contributed by atoms with E-state index in [1.807, 2.05) is 0 Å². The number of rotatable bonds is 1. The molecule has 1 aromatic carbocycles. The predicted molar refractivity (Wildman–Crippen MR) is 56.8 cm³/mol. The van der Waals surface area contributed by atoms with Gasteiger partial charge >= 0.3 is 0 Å². The van der Waals surface area contributed by atoms with Crippen LogP contribution in [0.15, 0.2) is 18.2 Å². The van der Waals surface area contributed by atoms with Crippen LogP contribution in [0.5, 0.6) is 5.75 Å². The predicted octanol–water partition coefficient (Wildman–Crippen LogP) is 3.06. The third-order valence-electron chi connectivity index (χ3n) is 3.72. The van der Waals surface area contributed by atoms with Crippen LogP contribution in [0.1, 0.15) is 37.3 Å². The van der Waals surface area contributed by atoms with Crippen LogP contribution >= 0.6 is 0 Å². The Labute approximate surface area is 85.1 Å². The SMILES string of the molecule is CCc1ccc2c(c1)OCCC21CC1. The fourth-order valence-corrected chi connectivity index (χ4v) is 2.51. The first-order valence-corrected chi connectivity index (χ1v) is 5.60. The summed E-state index contributed by atoms with van der Waals surface area (Å²) in [4.78, 5) is 0. The van der Waals surface area contributed by atoms with Gasteiger partial charge in [-0.25, -0.2) is 0 Å². The summed E-state index contributed by atoms with van der Waals surface area (Å²) < 4.78 is 5.74. The molecule has 1 aliphatic heterocycles. The Hall–Kier alpha value is -0.980. The van der Waals surface area contributed by atoms with Gasteiger partial charge in [0.1, 0.15) is 5.75 Å². The van der Waals surface area contributed by atoms with Crippen LogP contribution < -0.4 is 4.74 Å². The van der Waals surface area contributed by atoms with Crippen molar-refractivity contribution in [3.8, 4) is 5.75 Å². The molecular formula is C13H16O. The molecule has 2 aliphatic rings. The summed E-state index contributed by atoms with van der Waals surface area (Å²) in [5.74, 6) is 1.16. The summed E-state index contributed by atoms with van der Waals surface area (Å²) >= 11 is 0. The Morgan fingerprint density at radius 3 is 2.86 bits per heavy atom. The largest absolute Gasteiger partial charge is 0.493 e. The van der Waals surface area contributed by atoms with Crippen molar-refractivity contribution in [2.45, 2.75) is 38.0 Å². The molecule has 0 saturated heterocycles. The van der Waals surface area contributed by atoms with E-state index >= 15 is 0 Å². The Bertz CT molecular complexity index is 363. The fraction of sp³-hybridized carbons (Fsp3) is 0.538. The molecule has 1 heteroatoms. The maximum absolute atomic E-state index is 5.74. The summed E-state index contributed by atoms with van der Waals surface area (Å²) in [5.41, 5.74) is 3.39. The van der Waals surface area contributed by atoms with Crippen LogP contribution in [0, 0.1) is 0 Å². The Balaban J connectivity index is 2.07. The van der Waals surface area contributed by atoms with Crippen LogP contribution in [0.4, 0.5) is 0 Å². The van der Waals surface area contributed by atoms with E-state index in [4.69, 9.17) is 4.74 Å². The van der Waals surface area contributed by atoms with E-state index in [0.29, 0.717) is 5.41 Å². The van der Waals surface area contributed by atoms with Crippen molar-refractivity contribution >= 4 is 0 Å². The standard InChI is InChI=1S/C13H16O/c1-2-10-3-4-11-12(9-10)14-8-7-13(11)5-6-13/h3-4,9H,2,5-8H2,1H3. The van der Waals surface area contributed by atoms with Gasteiger partial charge in [-0.05, 0) is 37.3 Å². The summed E-state index contributed by atoms with van der Waals surface area (Å²) in [6.45, 7) is 3.11. The molecule has 14 heavy (non-hydrogen) atoms. The van der Waals surface area contributed by atoms with E-state index in [2.05, 4.69) is 25.1 Å². The van der Waals surface area contributed by atoms with Crippen molar-refractivity contribution in [2.24, 2.45) is 0 Å². The monoisotopic (exact) mass is 188 g/mol. The van der Waals surface area contributed by atoms with Gasteiger partial charge in [-0.1, -0.05) is 19.1 Å². The highest BCUT2D eigenvalue weighted by atomic mass is 16.5. The molecule has 1 aliphatic carbocycles. The Morgan fingerprint density at radius 2 is 2.14 bits per heavy atom. The van der Waals surface area contributed by atoms with E-state index in [-0.39, 0.29) is 0 Å². The highest BCUT2D eigenvalue weighted by molar-refractivity contribution is 5.47. The summed E-state index contributed by atoms with van der Waals surface area (Å²) in [6.07, 6.45) is 5.07. The molecule has 3 rings (SSSR count). The van der Waals surface area contributed by atoms with Gasteiger partial charge in [0.25, 0.3) is 0 Å². The normalized spacial score (nSPS) is 21.5. The quantitative estimate of drug-likeness (QED) is 0.658. The molecule has 0 aromatic heterocycles. The van der Waals surface area contributed by atoms with Crippen LogP contribution in [0.25, 0.3) is 0 Å². The van der Waals surface area contributed by atoms with Gasteiger partial charge in [0.2, 0.25) is 0 Å². The Kier molecular flexibility index (Phi) is 1.64. The van der Waals surface area contributed by atoms with E-state index in [1.165, 1.54) is 30.4 Å². The van der Waals surface area contributed by atoms with Crippen LogP contribution in [0.3, 0.4) is 0 Å². The second-order valence-electron chi connectivity index (χ2n) is 4.56. The topological polar surface area (TPSA) is 9.23 Å². The fourth-order valence-electron chi connectivity index (χ4n) is 2.51. The molecule has 1 heterocycles. The number of benzene rings is 1. The van der Waals surface area contributed by atoms with Gasteiger partial charge in [0.05, 0.1) is 6.61 Å². The van der Waals surface area contributed by atoms with Crippen LogP contribution in [0.2, 0.25) is 0 Å². The van der Waals surface area contributed by atoms with Crippen molar-refractivity contribution in [1.82, 2.24) is 0 Å². The first-order chi connectivity index (χ1) is 6.84. The minimum atomic E-state index is 0.528. The lowest BCUT2D eigenvalue weighted by Crippen LogP contribution is -2.19. The molecule has 0 amide bonds. The van der Waals surface area contributed by atoms with Crippen LogP contribution in [-0.2, 0) is 11.8 Å². The molecule has 1 fully saturated rings. The molecule has 0 bridgehead atoms. The lowest BCUT2D eigenvalue weighted by atomic mass is 9.89. The molecule has 0 atom stereocenters. The molecule has 1 saturated carbocycles. The van der Waals surface area contributed by atoms with E-state index in [9.17, 15) is 0 Å². The molecule has 0 unspecified atom stereocenters. The molecule has 1 nitrogen and oxygen atoms in total. The van der Waals surface area contributed by atoms with Gasteiger partial charge < -0.3 is 4.74 Å². The molecule has 1 aromatic rings. The maximum Gasteiger partial charge on any atom is 0.123 e. The lowest BCUT2D eigenvalue weighted by molar-refractivity contribution is 0.260. The van der Waals surface area contributed by atoms with E-state index < -0.39 is 0 Å². The van der Waals surface area contributed by atoms with Gasteiger partial charge in [-0.3, -0.25) is 0 Å². The van der Waals surface area contributed by atoms with Crippen molar-refractivity contribution < 1.29 is 4.74 Å². The van der Waals surface area contributed by atoms with Gasteiger partial charge in [-0.15, -0.1) is 0 Å². The molecular weight excluding hydrogens is 172 g/mol. The number of hydrogen-bond acceptors (Lipinski definition) is 1. The minimum Gasteiger partial charge on any atom is -0.493 e. The van der Waals surface area contributed by atoms with Gasteiger partial charge in [0, 0.05) is 11.0 Å². The summed E-state index contributed by atoms with van der Waals surface area (Å²) in [6, 6.07) is 6.78. The zero-order valence-electron chi connectivity index (χ0n) is 8.68. The van der Waals surface area contributed by atoms with Gasteiger partial charge in [0.15, 0.2) is 0 Å². The van der Waals surface area contributed by atoms with Crippen molar-refractivity contribution in [3.63, 3.8) is 0 Å². The lowest BCUT2D eigenvalue weighted by Gasteiger charge is -2.26. The van der Waals surface area contributed by atoms with Crippen molar-refractivity contribution in [3.05, 3.63) is 29.3 Å². The smallest absolute Gasteiger partial charge is 0.123 e. The first kappa shape index (κ1) is 8.34. The second-order valence-corrected chi connectivity index (χ2v) is 4.56. The van der Waals surface area contributed by atoms with Crippen molar-refractivity contribution in [1.29, 1.82) is 0 Å². The first-order valence-electron chi connectivity index (χ1n) is 5.60. The minimum absolute atomic E-state index is 0.528. The summed E-state index contributed by atoms with van der Waals surface area (Å²) in [7, 11) is 0. The number of ether oxygens (including phenoxy) is 1. The average molecular weight is 188 g/mol. The zero-order valence-corrected chi connectivity index (χ0v) is 8.68. The number of aryl methyl sites for hydroxylation is 1. The zero-order chi connectivity index (χ0) is 9.60. The Morgan fingerprint density at radius 1 is 1.29 bits per heavy atom. The molecule has 1 spiro atoms. The molecule has 0 N–H and O–H groups in total. The van der Waals surface area contributed by atoms with E-state index in [1.54, 1.807) is 0 Å². The molecule has 74 valence electrons. The summed E-state index contributed by atoms with van der Waals surface area (Å²) in [5, 5.41) is 0. The second kappa shape index (κ2) is 2.75. The third-order valence-corrected chi connectivity index (χ3v) is 3.72.